The Hall–Kier alpha value is -2.54. The van der Waals surface area contributed by atoms with Gasteiger partial charge in [-0.05, 0) is 42.8 Å². The van der Waals surface area contributed by atoms with E-state index < -0.39 is 0 Å². The molecule has 0 N–H and O–H groups in total. The van der Waals surface area contributed by atoms with Gasteiger partial charge in [-0.2, -0.15) is 5.26 Å². The monoisotopic (exact) mass is 437 g/mol. The minimum Gasteiger partial charge on any atom is -0.488 e. The number of nitriles is 1. The molecule has 27 heavy (non-hydrogen) atoms. The second-order valence-electron chi connectivity index (χ2n) is 6.10. The third-order valence-electron chi connectivity index (χ3n) is 4.10. The second-order valence-corrected chi connectivity index (χ2v) is 7.42. The first-order valence-corrected chi connectivity index (χ1v) is 9.58. The molecular formula is C23H17BrClNO. The van der Waals surface area contributed by atoms with Gasteiger partial charge in [0.2, 0.25) is 0 Å². The van der Waals surface area contributed by atoms with Gasteiger partial charge in [-0.15, -0.1) is 0 Å². The maximum atomic E-state index is 9.63. The van der Waals surface area contributed by atoms with Gasteiger partial charge in [0.15, 0.2) is 0 Å². The van der Waals surface area contributed by atoms with E-state index in [2.05, 4.69) is 22.0 Å². The van der Waals surface area contributed by atoms with Gasteiger partial charge in [0.05, 0.1) is 11.6 Å². The molecule has 0 atom stereocenters. The molecule has 0 amide bonds. The summed E-state index contributed by atoms with van der Waals surface area (Å²) in [5, 5.41) is 10.3. The SMILES string of the molecule is Cc1ccc(/C(C#N)=C/c2cc(Br)ccc2OCc2ccccc2Cl)cc1. The lowest BCUT2D eigenvalue weighted by Gasteiger charge is -2.11. The van der Waals surface area contributed by atoms with Crippen molar-refractivity contribution in [3.8, 4) is 11.8 Å². The Morgan fingerprint density at radius 3 is 2.56 bits per heavy atom. The summed E-state index contributed by atoms with van der Waals surface area (Å²) in [6.07, 6.45) is 1.84. The Kier molecular flexibility index (Phi) is 6.34. The molecule has 3 aromatic carbocycles. The molecule has 3 rings (SSSR count). The molecule has 2 nitrogen and oxygen atoms in total. The number of aryl methyl sites for hydroxylation is 1. The Morgan fingerprint density at radius 2 is 1.85 bits per heavy atom. The average molecular weight is 439 g/mol. The van der Waals surface area contributed by atoms with E-state index in [1.54, 1.807) is 0 Å². The van der Waals surface area contributed by atoms with E-state index in [4.69, 9.17) is 16.3 Å². The van der Waals surface area contributed by atoms with Crippen LogP contribution >= 0.6 is 27.5 Å². The standard InChI is InChI=1S/C23H17BrClNO/c1-16-6-8-17(9-7-16)20(14-26)12-19-13-21(24)10-11-23(19)27-15-18-4-2-3-5-22(18)25/h2-13H,15H2,1H3/b20-12+. The number of hydrogen-bond acceptors (Lipinski definition) is 2. The number of hydrogen-bond donors (Lipinski definition) is 0. The smallest absolute Gasteiger partial charge is 0.127 e. The van der Waals surface area contributed by atoms with Crippen molar-refractivity contribution in [3.05, 3.63) is 98.5 Å². The van der Waals surface area contributed by atoms with Crippen molar-refractivity contribution >= 4 is 39.2 Å². The zero-order valence-electron chi connectivity index (χ0n) is 14.7. The third kappa shape index (κ3) is 5.01. The predicted octanol–water partition coefficient (Wildman–Crippen LogP) is 7.05. The summed E-state index contributed by atoms with van der Waals surface area (Å²) in [4.78, 5) is 0. The van der Waals surface area contributed by atoms with Crippen molar-refractivity contribution in [3.63, 3.8) is 0 Å². The van der Waals surface area contributed by atoms with Crippen LogP contribution in [0.15, 0.2) is 71.2 Å². The maximum absolute atomic E-state index is 9.63. The lowest BCUT2D eigenvalue weighted by atomic mass is 10.0. The summed E-state index contributed by atoms with van der Waals surface area (Å²) < 4.78 is 6.92. The molecule has 0 aliphatic rings. The van der Waals surface area contributed by atoms with E-state index in [0.717, 1.165) is 26.7 Å². The molecule has 0 bridgehead atoms. The van der Waals surface area contributed by atoms with Crippen LogP contribution in [0.2, 0.25) is 5.02 Å². The summed E-state index contributed by atoms with van der Waals surface area (Å²) in [6, 6.07) is 23.5. The summed E-state index contributed by atoms with van der Waals surface area (Å²) in [5.74, 6) is 0.693. The van der Waals surface area contributed by atoms with Gasteiger partial charge in [-0.25, -0.2) is 0 Å². The van der Waals surface area contributed by atoms with E-state index in [9.17, 15) is 5.26 Å². The maximum Gasteiger partial charge on any atom is 0.127 e. The molecule has 0 aromatic heterocycles. The highest BCUT2D eigenvalue weighted by molar-refractivity contribution is 9.10. The van der Waals surface area contributed by atoms with E-state index in [0.29, 0.717) is 23.0 Å². The summed E-state index contributed by atoms with van der Waals surface area (Å²) in [6.45, 7) is 2.38. The molecule has 0 heterocycles. The first-order chi connectivity index (χ1) is 13.1. The van der Waals surface area contributed by atoms with Gasteiger partial charge in [0.25, 0.3) is 0 Å². The van der Waals surface area contributed by atoms with Crippen molar-refractivity contribution in [2.45, 2.75) is 13.5 Å². The summed E-state index contributed by atoms with van der Waals surface area (Å²) in [7, 11) is 0. The average Bonchev–Trinajstić information content (AvgIpc) is 2.67. The quantitative estimate of drug-likeness (QED) is 0.316. The number of nitrogens with zero attached hydrogens (tertiary/aromatic N) is 1. The van der Waals surface area contributed by atoms with Crippen LogP contribution < -0.4 is 4.74 Å². The highest BCUT2D eigenvalue weighted by Gasteiger charge is 2.08. The Labute approximate surface area is 172 Å². The molecule has 134 valence electrons. The van der Waals surface area contributed by atoms with Gasteiger partial charge < -0.3 is 4.74 Å². The molecule has 4 heteroatoms. The molecular weight excluding hydrogens is 422 g/mol. The van der Waals surface area contributed by atoms with E-state index >= 15 is 0 Å². The summed E-state index contributed by atoms with van der Waals surface area (Å²) >= 11 is 9.71. The highest BCUT2D eigenvalue weighted by Crippen LogP contribution is 2.29. The van der Waals surface area contributed by atoms with E-state index in [1.165, 1.54) is 0 Å². The molecule has 0 saturated heterocycles. The molecule has 0 spiro atoms. The second kappa shape index (κ2) is 8.90. The fraction of sp³-hybridized carbons (Fsp3) is 0.0870. The Balaban J connectivity index is 1.92. The highest BCUT2D eigenvalue weighted by atomic mass is 79.9. The zero-order valence-corrected chi connectivity index (χ0v) is 17.1. The largest absolute Gasteiger partial charge is 0.488 e. The normalized spacial score (nSPS) is 11.1. The molecule has 0 unspecified atom stereocenters. The molecule has 0 radical (unpaired) electrons. The van der Waals surface area contributed by atoms with E-state index in [1.807, 2.05) is 79.7 Å². The van der Waals surface area contributed by atoms with Crippen LogP contribution in [-0.2, 0) is 6.61 Å². The van der Waals surface area contributed by atoms with Gasteiger partial charge in [-0.1, -0.05) is 75.6 Å². The van der Waals surface area contributed by atoms with Crippen LogP contribution in [0.25, 0.3) is 11.6 Å². The first kappa shape index (κ1) is 19.2. The number of ether oxygens (including phenoxy) is 1. The lowest BCUT2D eigenvalue weighted by molar-refractivity contribution is 0.305. The fourth-order valence-corrected chi connectivity index (χ4v) is 3.17. The van der Waals surface area contributed by atoms with Crippen LogP contribution in [0.5, 0.6) is 5.75 Å². The fourth-order valence-electron chi connectivity index (χ4n) is 2.60. The topological polar surface area (TPSA) is 33.0 Å². The molecule has 3 aromatic rings. The van der Waals surface area contributed by atoms with Crippen molar-refractivity contribution in [2.24, 2.45) is 0 Å². The molecule has 0 fully saturated rings. The number of rotatable bonds is 5. The van der Waals surface area contributed by atoms with Crippen molar-refractivity contribution in [1.82, 2.24) is 0 Å². The van der Waals surface area contributed by atoms with Crippen molar-refractivity contribution in [1.29, 1.82) is 5.26 Å². The number of allylic oxidation sites excluding steroid dienone is 1. The Bertz CT molecular complexity index is 1020. The van der Waals surface area contributed by atoms with Crippen LogP contribution in [0.4, 0.5) is 0 Å². The number of halogens is 2. The molecule has 0 aliphatic carbocycles. The number of benzene rings is 3. The minimum atomic E-state index is 0.356. The minimum absolute atomic E-state index is 0.356. The van der Waals surface area contributed by atoms with Gasteiger partial charge >= 0.3 is 0 Å². The van der Waals surface area contributed by atoms with Gasteiger partial charge in [0, 0.05) is 20.6 Å². The van der Waals surface area contributed by atoms with Crippen LogP contribution in [0.1, 0.15) is 22.3 Å². The predicted molar refractivity (Wildman–Crippen MR) is 115 cm³/mol. The van der Waals surface area contributed by atoms with Gasteiger partial charge in [0.1, 0.15) is 12.4 Å². The van der Waals surface area contributed by atoms with Crippen molar-refractivity contribution < 1.29 is 4.74 Å². The Morgan fingerprint density at radius 1 is 1.11 bits per heavy atom. The molecule has 0 saturated carbocycles. The van der Waals surface area contributed by atoms with E-state index in [-0.39, 0.29) is 0 Å². The zero-order chi connectivity index (χ0) is 19.2. The van der Waals surface area contributed by atoms with Gasteiger partial charge in [-0.3, -0.25) is 0 Å². The van der Waals surface area contributed by atoms with Crippen LogP contribution in [0.3, 0.4) is 0 Å². The lowest BCUT2D eigenvalue weighted by Crippen LogP contribution is -1.98. The van der Waals surface area contributed by atoms with Crippen molar-refractivity contribution in [2.75, 3.05) is 0 Å². The molecule has 0 aliphatic heterocycles. The van der Waals surface area contributed by atoms with Crippen LogP contribution in [-0.4, -0.2) is 0 Å². The van der Waals surface area contributed by atoms with Crippen LogP contribution in [0, 0.1) is 18.3 Å². The first-order valence-electron chi connectivity index (χ1n) is 8.41. The summed E-state index contributed by atoms with van der Waals surface area (Å²) in [5.41, 5.74) is 4.35. The third-order valence-corrected chi connectivity index (χ3v) is 4.96.